The van der Waals surface area contributed by atoms with Crippen molar-refractivity contribution >= 4 is 24.3 Å². The van der Waals surface area contributed by atoms with Crippen LogP contribution in [-0.4, -0.2) is 24.9 Å². The Kier molecular flexibility index (Phi) is 6.51. The second kappa shape index (κ2) is 6.58. The first kappa shape index (κ1) is 10.9. The zero-order chi connectivity index (χ0) is 8.69. The average molecular weight is 196 g/mol. The zero-order valence-corrected chi connectivity index (χ0v) is 8.21. The molecular weight excluding hydrogens is 185 g/mol. The molecule has 1 unspecified atom stereocenters. The van der Waals surface area contributed by atoms with Gasteiger partial charge in [-0.25, -0.2) is 5.48 Å². The molecule has 1 N–H and O–H groups in total. The highest BCUT2D eigenvalue weighted by Crippen LogP contribution is 2.33. The SMILES string of the molecule is CCONC(=O)C[P+](=O)SC. The van der Waals surface area contributed by atoms with Gasteiger partial charge < -0.3 is 0 Å². The average Bonchev–Trinajstić information content (AvgIpc) is 2.00. The maximum atomic E-state index is 10.8. The van der Waals surface area contributed by atoms with E-state index in [1.807, 2.05) is 0 Å². The fourth-order valence-electron chi connectivity index (χ4n) is 0.367. The smallest absolute Gasteiger partial charge is 0.274 e. The van der Waals surface area contributed by atoms with Crippen molar-refractivity contribution in [2.45, 2.75) is 6.92 Å². The molecule has 0 radical (unpaired) electrons. The van der Waals surface area contributed by atoms with Crippen LogP contribution in [0.4, 0.5) is 0 Å². The fourth-order valence-corrected chi connectivity index (χ4v) is 1.53. The van der Waals surface area contributed by atoms with Crippen LogP contribution in [0, 0.1) is 0 Å². The van der Waals surface area contributed by atoms with E-state index >= 15 is 0 Å². The summed E-state index contributed by atoms with van der Waals surface area (Å²) in [5.74, 6) is -0.331. The van der Waals surface area contributed by atoms with Crippen molar-refractivity contribution in [1.29, 1.82) is 0 Å². The van der Waals surface area contributed by atoms with Crippen LogP contribution in [0.15, 0.2) is 0 Å². The van der Waals surface area contributed by atoms with Crippen LogP contribution in [0.5, 0.6) is 0 Å². The topological polar surface area (TPSA) is 55.4 Å². The second-order valence-electron chi connectivity index (χ2n) is 1.63. The lowest BCUT2D eigenvalue weighted by Gasteiger charge is -1.96. The van der Waals surface area contributed by atoms with Gasteiger partial charge in [-0.05, 0) is 6.92 Å². The van der Waals surface area contributed by atoms with E-state index in [1.165, 1.54) is 11.4 Å². The Morgan fingerprint density at radius 3 is 2.82 bits per heavy atom. The molecule has 0 heterocycles. The minimum Gasteiger partial charge on any atom is -0.274 e. The molecule has 0 aromatic carbocycles. The predicted molar refractivity (Wildman–Crippen MR) is 45.8 cm³/mol. The van der Waals surface area contributed by atoms with Crippen molar-refractivity contribution in [3.8, 4) is 0 Å². The molecule has 0 spiro atoms. The number of nitrogens with one attached hydrogen (secondary N) is 1. The molecule has 6 heteroatoms. The molecule has 64 valence electrons. The Bertz CT molecular complexity index is 153. The van der Waals surface area contributed by atoms with Gasteiger partial charge in [0.2, 0.25) is 6.16 Å². The van der Waals surface area contributed by atoms with E-state index in [9.17, 15) is 9.36 Å². The van der Waals surface area contributed by atoms with Gasteiger partial charge in [-0.2, -0.15) is 0 Å². The number of hydrogen-bond acceptors (Lipinski definition) is 4. The molecule has 0 aromatic heterocycles. The summed E-state index contributed by atoms with van der Waals surface area (Å²) < 4.78 is 10.8. The predicted octanol–water partition coefficient (Wildman–Crippen LogP) is 1.16. The lowest BCUT2D eigenvalue weighted by Crippen LogP contribution is -2.24. The summed E-state index contributed by atoms with van der Waals surface area (Å²) in [5.41, 5.74) is 2.16. The maximum Gasteiger partial charge on any atom is 0.420 e. The summed E-state index contributed by atoms with van der Waals surface area (Å²) in [7, 11) is -1.46. The Balaban J connectivity index is 3.44. The molecule has 11 heavy (non-hydrogen) atoms. The van der Waals surface area contributed by atoms with E-state index in [0.29, 0.717) is 6.61 Å². The quantitative estimate of drug-likeness (QED) is 0.529. The Morgan fingerprint density at radius 2 is 2.36 bits per heavy atom. The molecule has 0 rings (SSSR count). The molecule has 0 fully saturated rings. The van der Waals surface area contributed by atoms with Gasteiger partial charge in [-0.3, -0.25) is 9.63 Å². The fraction of sp³-hybridized carbons (Fsp3) is 0.800. The number of amides is 1. The molecule has 0 bridgehead atoms. The maximum absolute atomic E-state index is 10.8. The van der Waals surface area contributed by atoms with Crippen LogP contribution in [0.1, 0.15) is 6.92 Å². The Morgan fingerprint density at radius 1 is 1.73 bits per heavy atom. The van der Waals surface area contributed by atoms with Crippen molar-refractivity contribution < 1.29 is 14.2 Å². The normalized spacial score (nSPS) is 10.9. The summed E-state index contributed by atoms with van der Waals surface area (Å²) >= 11 is 1.18. The van der Waals surface area contributed by atoms with Gasteiger partial charge in [-0.1, -0.05) is 4.57 Å². The molecular formula is C5H11NO3PS+. The standard InChI is InChI=1S/C5H10NO3PS/c1-3-9-6-5(7)4-10(8)11-2/h3-4H2,1-2H3/p+1. The molecule has 0 aliphatic heterocycles. The minimum atomic E-state index is -1.46. The summed E-state index contributed by atoms with van der Waals surface area (Å²) in [5, 5.41) is 0. The van der Waals surface area contributed by atoms with Gasteiger partial charge in [-0.15, -0.1) is 0 Å². The lowest BCUT2D eigenvalue weighted by atomic mass is 10.8. The third-order valence-corrected chi connectivity index (χ3v) is 3.37. The second-order valence-corrected chi connectivity index (χ2v) is 5.30. The number of rotatable bonds is 5. The molecule has 1 amide bonds. The first-order valence-electron chi connectivity index (χ1n) is 3.10. The van der Waals surface area contributed by atoms with Gasteiger partial charge >= 0.3 is 7.00 Å². The van der Waals surface area contributed by atoms with Crippen LogP contribution in [-0.2, 0) is 14.2 Å². The summed E-state index contributed by atoms with van der Waals surface area (Å²) in [6.45, 7) is 2.18. The molecule has 0 aliphatic rings. The van der Waals surface area contributed by atoms with E-state index < -0.39 is 7.00 Å². The zero-order valence-electron chi connectivity index (χ0n) is 6.49. The highest BCUT2D eigenvalue weighted by Gasteiger charge is 2.19. The first-order chi connectivity index (χ1) is 5.20. The third kappa shape index (κ3) is 6.28. The molecule has 1 atom stereocenters. The van der Waals surface area contributed by atoms with E-state index in [0.717, 1.165) is 0 Å². The van der Waals surface area contributed by atoms with Gasteiger partial charge in [0.05, 0.1) is 6.61 Å². The molecule has 0 aliphatic carbocycles. The number of carbonyl (C=O) groups excluding carboxylic acids is 1. The van der Waals surface area contributed by atoms with Crippen molar-refractivity contribution in [3.63, 3.8) is 0 Å². The Labute approximate surface area is 70.6 Å². The van der Waals surface area contributed by atoms with Crippen LogP contribution in [0.2, 0.25) is 0 Å². The third-order valence-electron chi connectivity index (χ3n) is 0.807. The van der Waals surface area contributed by atoms with E-state index in [2.05, 4.69) is 10.3 Å². The van der Waals surface area contributed by atoms with Crippen LogP contribution in [0.3, 0.4) is 0 Å². The molecule has 0 saturated carbocycles. The van der Waals surface area contributed by atoms with E-state index in [1.54, 1.807) is 13.2 Å². The number of carbonyl (C=O) groups is 1. The van der Waals surface area contributed by atoms with Crippen molar-refractivity contribution in [2.75, 3.05) is 19.0 Å². The highest BCUT2D eigenvalue weighted by atomic mass is 32.7. The Hall–Kier alpha value is -0.120. The molecule has 4 nitrogen and oxygen atoms in total. The van der Waals surface area contributed by atoms with E-state index in [-0.39, 0.29) is 12.1 Å². The molecule has 0 aromatic rings. The van der Waals surface area contributed by atoms with E-state index in [4.69, 9.17) is 0 Å². The molecule has 0 saturated heterocycles. The van der Waals surface area contributed by atoms with Crippen LogP contribution < -0.4 is 5.48 Å². The summed E-state index contributed by atoms with van der Waals surface area (Å²) in [6, 6.07) is 0. The highest BCUT2D eigenvalue weighted by molar-refractivity contribution is 8.51. The summed E-state index contributed by atoms with van der Waals surface area (Å²) in [4.78, 5) is 15.3. The van der Waals surface area contributed by atoms with Gasteiger partial charge in [0, 0.05) is 6.26 Å². The first-order valence-corrected chi connectivity index (χ1v) is 6.37. The van der Waals surface area contributed by atoms with Crippen LogP contribution in [0.25, 0.3) is 0 Å². The number of hydrogen-bond donors (Lipinski definition) is 1. The van der Waals surface area contributed by atoms with Gasteiger partial charge in [0.25, 0.3) is 5.91 Å². The largest absolute Gasteiger partial charge is 0.420 e. The minimum absolute atomic E-state index is 0.0243. The van der Waals surface area contributed by atoms with Crippen molar-refractivity contribution in [2.24, 2.45) is 0 Å². The lowest BCUT2D eigenvalue weighted by molar-refractivity contribution is -0.130. The van der Waals surface area contributed by atoms with Gasteiger partial charge in [0.1, 0.15) is 11.4 Å². The van der Waals surface area contributed by atoms with Gasteiger partial charge in [0.15, 0.2) is 0 Å². The van der Waals surface area contributed by atoms with Crippen LogP contribution >= 0.6 is 18.4 Å². The van der Waals surface area contributed by atoms with Crippen molar-refractivity contribution in [3.05, 3.63) is 0 Å². The summed E-state index contributed by atoms with van der Waals surface area (Å²) in [6.07, 6.45) is 1.73. The number of hydroxylamine groups is 1. The monoisotopic (exact) mass is 196 g/mol. The van der Waals surface area contributed by atoms with Crippen molar-refractivity contribution in [1.82, 2.24) is 5.48 Å².